The molecule has 1 aromatic rings. The van der Waals surface area contributed by atoms with Crippen LogP contribution >= 0.6 is 15.9 Å². The van der Waals surface area contributed by atoms with E-state index in [1.807, 2.05) is 57.2 Å². The van der Waals surface area contributed by atoms with E-state index in [4.69, 9.17) is 4.79 Å². The van der Waals surface area contributed by atoms with Crippen LogP contribution in [-0.2, 0) is 17.6 Å². The maximum Gasteiger partial charge on any atom is 0.412 e. The number of nitrogens with one attached hydrogen (secondary N) is 1. The number of hydrogen-bond acceptors (Lipinski definition) is 4. The molecule has 8 heteroatoms. The summed E-state index contributed by atoms with van der Waals surface area (Å²) in [5.74, 6) is 0.543. The Hall–Kier alpha value is -3.23. The van der Waals surface area contributed by atoms with Gasteiger partial charge in [0, 0.05) is 42.1 Å². The van der Waals surface area contributed by atoms with Crippen LogP contribution in [0.15, 0.2) is 105 Å². The van der Waals surface area contributed by atoms with Crippen molar-refractivity contribution in [1.82, 2.24) is 10.2 Å². The van der Waals surface area contributed by atoms with Gasteiger partial charge in [-0.15, -0.1) is 0 Å². The molecule has 48 heavy (non-hydrogen) atoms. The maximum atomic E-state index is 12.3. The van der Waals surface area contributed by atoms with E-state index < -0.39 is 11.7 Å². The standard InChI is InChI=1S/C24H36BrN3.C15H19F3.CH2O/c1-7-9-11-21(8-2)16-27-20(4)15-23(14-19(3)24(25)17-26-5)22-12-10-13-28(6)18-22;1-4-13-10-11(2)8-9-14(13)7-5-6-12(3)15(16,17)18;1-2/h7-9,11,14-15,17,22,27H,2,10,12-13,16,18H2,1,3-6H3;8-10H,3-7H2,1-2H3;1H2/b9-7-,20-15+,21-11+,23-14+,24-19-,26-17?;;. The van der Waals surface area contributed by atoms with Crippen LogP contribution in [0, 0.1) is 12.8 Å². The molecular formula is C40H57BrF3N3O. The topological polar surface area (TPSA) is 44.7 Å². The number of carbonyl (C=O) groups excluding carboxylic acids is 1. The Morgan fingerprint density at radius 1 is 1.19 bits per heavy atom. The average Bonchev–Trinajstić information content (AvgIpc) is 3.05. The zero-order valence-corrected chi connectivity index (χ0v) is 31.7. The minimum Gasteiger partial charge on any atom is -0.384 e. The van der Waals surface area contributed by atoms with Crippen molar-refractivity contribution in [3.05, 3.63) is 117 Å². The first kappa shape index (κ1) is 44.8. The van der Waals surface area contributed by atoms with E-state index in [1.54, 1.807) is 7.05 Å². The smallest absolute Gasteiger partial charge is 0.384 e. The predicted molar refractivity (Wildman–Crippen MR) is 205 cm³/mol. The van der Waals surface area contributed by atoms with Crippen LogP contribution in [0.1, 0.15) is 70.1 Å². The Bertz CT molecular complexity index is 1340. The molecule has 1 aliphatic heterocycles. The number of carbonyl (C=O) groups is 1. The molecular weight excluding hydrogens is 675 g/mol. The molecule has 0 radical (unpaired) electrons. The van der Waals surface area contributed by atoms with Gasteiger partial charge in [0.15, 0.2) is 0 Å². The number of benzene rings is 1. The summed E-state index contributed by atoms with van der Waals surface area (Å²) in [6.45, 7) is 22.4. The zero-order chi connectivity index (χ0) is 36.7. The van der Waals surface area contributed by atoms with E-state index in [2.05, 4.69) is 96.4 Å². The second-order valence-electron chi connectivity index (χ2n) is 11.9. The normalized spacial score (nSPS) is 16.9. The fourth-order valence-electron chi connectivity index (χ4n) is 5.17. The molecule has 1 aromatic carbocycles. The van der Waals surface area contributed by atoms with Crippen LogP contribution in [-0.4, -0.2) is 57.8 Å². The van der Waals surface area contributed by atoms with Crippen LogP contribution < -0.4 is 5.32 Å². The summed E-state index contributed by atoms with van der Waals surface area (Å²) in [5, 5.41) is 3.53. The minimum absolute atomic E-state index is 0.0144. The molecule has 1 unspecified atom stereocenters. The second-order valence-corrected chi connectivity index (χ2v) is 12.8. The SMILES string of the molecule is C=C(CCCc1ccc(C)cc1CC)C(F)(F)F.C=C/C(=C\C=C/C)CN/C(C)=C/C(=C\C(C)=C(/Br)C=NC)C1CCCN(C)C1.C=O. The Morgan fingerprint density at radius 3 is 2.44 bits per heavy atom. The van der Waals surface area contributed by atoms with E-state index in [0.29, 0.717) is 18.8 Å². The highest BCUT2D eigenvalue weighted by Crippen LogP contribution is 2.29. The molecule has 0 aliphatic carbocycles. The Morgan fingerprint density at radius 2 is 1.88 bits per heavy atom. The molecule has 1 N–H and O–H groups in total. The van der Waals surface area contributed by atoms with Gasteiger partial charge in [0.1, 0.15) is 6.79 Å². The molecule has 0 spiro atoms. The van der Waals surface area contributed by atoms with Crippen molar-refractivity contribution in [1.29, 1.82) is 0 Å². The van der Waals surface area contributed by atoms with Crippen molar-refractivity contribution < 1.29 is 18.0 Å². The Kier molecular flexibility index (Phi) is 23.2. The van der Waals surface area contributed by atoms with Gasteiger partial charge in [-0.05, 0) is 136 Å². The fourth-order valence-corrected chi connectivity index (χ4v) is 5.49. The van der Waals surface area contributed by atoms with Crippen molar-refractivity contribution >= 4 is 28.9 Å². The molecule has 1 atom stereocenters. The molecule has 0 bridgehead atoms. The highest BCUT2D eigenvalue weighted by Gasteiger charge is 2.30. The number of piperidine rings is 1. The molecule has 1 heterocycles. The number of likely N-dealkylation sites (tertiary alicyclic amines) is 1. The van der Waals surface area contributed by atoms with Crippen molar-refractivity contribution in [3.8, 4) is 0 Å². The number of aryl methyl sites for hydroxylation is 3. The Balaban J connectivity index is 0.000000950. The summed E-state index contributed by atoms with van der Waals surface area (Å²) in [6.07, 6.45) is 14.8. The van der Waals surface area contributed by atoms with Gasteiger partial charge in [-0.1, -0.05) is 74.2 Å². The minimum atomic E-state index is -4.25. The maximum absolute atomic E-state index is 12.3. The van der Waals surface area contributed by atoms with E-state index >= 15 is 0 Å². The highest BCUT2D eigenvalue weighted by molar-refractivity contribution is 9.12. The van der Waals surface area contributed by atoms with Gasteiger partial charge < -0.3 is 15.0 Å². The molecule has 1 saturated heterocycles. The van der Waals surface area contributed by atoms with Crippen LogP contribution in [0.4, 0.5) is 13.2 Å². The summed E-state index contributed by atoms with van der Waals surface area (Å²) in [6, 6.07) is 6.13. The number of rotatable bonds is 14. The lowest BCUT2D eigenvalue weighted by molar-refractivity contribution is -0.0981. The first-order valence-corrected chi connectivity index (χ1v) is 17.2. The van der Waals surface area contributed by atoms with Crippen molar-refractivity contribution in [2.45, 2.75) is 79.3 Å². The number of nitrogens with zero attached hydrogens (tertiary/aromatic N) is 2. The van der Waals surface area contributed by atoms with Gasteiger partial charge >= 0.3 is 6.18 Å². The number of allylic oxidation sites excluding steroid dienone is 9. The highest BCUT2D eigenvalue weighted by atomic mass is 79.9. The summed E-state index contributed by atoms with van der Waals surface area (Å²) in [4.78, 5) is 14.5. The summed E-state index contributed by atoms with van der Waals surface area (Å²) >= 11 is 3.63. The monoisotopic (exact) mass is 731 g/mol. The average molecular weight is 733 g/mol. The molecule has 0 aromatic heterocycles. The lowest BCUT2D eigenvalue weighted by Gasteiger charge is -2.31. The van der Waals surface area contributed by atoms with Crippen molar-refractivity contribution in [3.63, 3.8) is 0 Å². The fraction of sp³-hybridized carbons (Fsp3) is 0.450. The quantitative estimate of drug-likeness (QED) is 0.118. The van der Waals surface area contributed by atoms with E-state index in [9.17, 15) is 13.2 Å². The summed E-state index contributed by atoms with van der Waals surface area (Å²) < 4.78 is 37.8. The van der Waals surface area contributed by atoms with E-state index in [0.717, 1.165) is 29.6 Å². The number of aliphatic imine (C=N–C) groups is 1. The van der Waals surface area contributed by atoms with Crippen molar-refractivity contribution in [2.75, 3.05) is 33.7 Å². The van der Waals surface area contributed by atoms with Gasteiger partial charge in [-0.25, -0.2) is 0 Å². The summed E-state index contributed by atoms with van der Waals surface area (Å²) in [5.41, 5.74) is 7.84. The molecule has 1 fully saturated rings. The third-order valence-electron chi connectivity index (χ3n) is 7.89. The largest absolute Gasteiger partial charge is 0.412 e. The van der Waals surface area contributed by atoms with E-state index in [-0.39, 0.29) is 6.42 Å². The first-order valence-electron chi connectivity index (χ1n) is 16.4. The van der Waals surface area contributed by atoms with Gasteiger partial charge in [-0.3, -0.25) is 4.99 Å². The lowest BCUT2D eigenvalue weighted by atomic mass is 9.88. The molecule has 2 rings (SSSR count). The van der Waals surface area contributed by atoms with Gasteiger partial charge in [0.25, 0.3) is 0 Å². The third-order valence-corrected chi connectivity index (χ3v) is 8.72. The predicted octanol–water partition coefficient (Wildman–Crippen LogP) is 10.6. The van der Waals surface area contributed by atoms with Crippen LogP contribution in [0.2, 0.25) is 0 Å². The van der Waals surface area contributed by atoms with Crippen molar-refractivity contribution in [2.24, 2.45) is 10.9 Å². The van der Waals surface area contributed by atoms with Gasteiger partial charge in [0.05, 0.1) is 0 Å². The number of halogens is 4. The third kappa shape index (κ3) is 18.3. The number of hydrogen-bond donors (Lipinski definition) is 1. The Labute approximate surface area is 297 Å². The second kappa shape index (κ2) is 24.8. The summed E-state index contributed by atoms with van der Waals surface area (Å²) in [7, 11) is 4.00. The first-order chi connectivity index (χ1) is 22.7. The van der Waals surface area contributed by atoms with Crippen LogP contribution in [0.5, 0.6) is 0 Å². The molecule has 0 saturated carbocycles. The molecule has 4 nitrogen and oxygen atoms in total. The number of alkyl halides is 3. The molecule has 1 aliphatic rings. The van der Waals surface area contributed by atoms with Gasteiger partial charge in [-0.2, -0.15) is 13.2 Å². The van der Waals surface area contributed by atoms with Crippen LogP contribution in [0.3, 0.4) is 0 Å². The van der Waals surface area contributed by atoms with Gasteiger partial charge in [0.2, 0.25) is 0 Å². The van der Waals surface area contributed by atoms with E-state index in [1.165, 1.54) is 52.9 Å². The lowest BCUT2D eigenvalue weighted by Crippen LogP contribution is -2.32. The zero-order valence-electron chi connectivity index (χ0n) is 30.2. The molecule has 266 valence electrons. The molecule has 0 amide bonds. The van der Waals surface area contributed by atoms with Crippen LogP contribution in [0.25, 0.3) is 0 Å².